The van der Waals surface area contributed by atoms with Gasteiger partial charge < -0.3 is 10.8 Å². The Morgan fingerprint density at radius 3 is 2.33 bits per heavy atom. The molecule has 15 heavy (non-hydrogen) atoms. The van der Waals surface area contributed by atoms with Gasteiger partial charge in [0.2, 0.25) is 0 Å². The second kappa shape index (κ2) is 5.21. The molecule has 3 nitrogen and oxygen atoms in total. The summed E-state index contributed by atoms with van der Waals surface area (Å²) >= 11 is 0. The predicted molar refractivity (Wildman–Crippen MR) is 57.4 cm³/mol. The highest BCUT2D eigenvalue weighted by molar-refractivity contribution is 5.18. The number of benzene rings is 1. The highest BCUT2D eigenvalue weighted by atomic mass is 19.1. The molecule has 0 saturated heterocycles. The molecule has 0 aliphatic rings. The van der Waals surface area contributed by atoms with Crippen LogP contribution in [0.5, 0.6) is 0 Å². The Morgan fingerprint density at radius 1 is 1.40 bits per heavy atom. The van der Waals surface area contributed by atoms with E-state index in [1.54, 1.807) is 24.0 Å². The van der Waals surface area contributed by atoms with Gasteiger partial charge in [0, 0.05) is 0 Å². The molecule has 4 heteroatoms. The van der Waals surface area contributed by atoms with Crippen molar-refractivity contribution in [3.63, 3.8) is 0 Å². The van der Waals surface area contributed by atoms with Crippen LogP contribution in [0.15, 0.2) is 24.3 Å². The summed E-state index contributed by atoms with van der Waals surface area (Å²) in [7, 11) is 0. The lowest BCUT2D eigenvalue weighted by atomic mass is 10.1. The van der Waals surface area contributed by atoms with Crippen LogP contribution in [0.4, 0.5) is 4.39 Å². The lowest BCUT2D eigenvalue weighted by Crippen LogP contribution is -2.41. The van der Waals surface area contributed by atoms with Gasteiger partial charge in [0.15, 0.2) is 0 Å². The van der Waals surface area contributed by atoms with E-state index in [0.29, 0.717) is 12.1 Å². The van der Waals surface area contributed by atoms with Gasteiger partial charge in [-0.15, -0.1) is 0 Å². The van der Waals surface area contributed by atoms with E-state index < -0.39 is 6.23 Å². The summed E-state index contributed by atoms with van der Waals surface area (Å²) in [5, 5.41) is 9.97. The molecule has 0 saturated carbocycles. The fourth-order valence-electron chi connectivity index (χ4n) is 1.51. The second-order valence-corrected chi connectivity index (χ2v) is 3.50. The first-order chi connectivity index (χ1) is 7.06. The first kappa shape index (κ1) is 12.1. The standard InChI is InChI=1S/C11H17FN2O/c1-3-14(8(2)13)11(15)9-4-6-10(12)7-5-9/h4-8,11,15H,3,13H2,1-2H3. The topological polar surface area (TPSA) is 49.5 Å². The zero-order valence-corrected chi connectivity index (χ0v) is 9.02. The van der Waals surface area contributed by atoms with E-state index in [9.17, 15) is 9.50 Å². The van der Waals surface area contributed by atoms with E-state index in [1.807, 2.05) is 6.92 Å². The molecule has 0 aliphatic heterocycles. The molecular formula is C11H17FN2O. The van der Waals surface area contributed by atoms with Crippen LogP contribution in [0.25, 0.3) is 0 Å². The van der Waals surface area contributed by atoms with Crippen LogP contribution in [-0.2, 0) is 0 Å². The zero-order valence-electron chi connectivity index (χ0n) is 9.02. The number of rotatable bonds is 4. The highest BCUT2D eigenvalue weighted by Gasteiger charge is 2.18. The van der Waals surface area contributed by atoms with Crippen molar-refractivity contribution in [1.82, 2.24) is 4.90 Å². The number of halogens is 1. The zero-order chi connectivity index (χ0) is 11.4. The Morgan fingerprint density at radius 2 is 1.93 bits per heavy atom. The van der Waals surface area contributed by atoms with Crippen molar-refractivity contribution < 1.29 is 9.50 Å². The Labute approximate surface area is 89.3 Å². The monoisotopic (exact) mass is 212 g/mol. The first-order valence-electron chi connectivity index (χ1n) is 5.01. The summed E-state index contributed by atoms with van der Waals surface area (Å²) in [5.74, 6) is -0.310. The fraction of sp³-hybridized carbons (Fsp3) is 0.455. The lowest BCUT2D eigenvalue weighted by molar-refractivity contribution is -0.0181. The van der Waals surface area contributed by atoms with Crippen LogP contribution >= 0.6 is 0 Å². The average Bonchev–Trinajstić information content (AvgIpc) is 2.19. The van der Waals surface area contributed by atoms with Gasteiger partial charge in [-0.3, -0.25) is 4.90 Å². The third kappa shape index (κ3) is 2.99. The molecule has 1 aromatic rings. The molecule has 84 valence electrons. The molecule has 1 aromatic carbocycles. The quantitative estimate of drug-likeness (QED) is 0.742. The summed E-state index contributed by atoms with van der Waals surface area (Å²) < 4.78 is 12.7. The van der Waals surface area contributed by atoms with Gasteiger partial charge in [-0.2, -0.15) is 0 Å². The Bertz CT molecular complexity index is 300. The van der Waals surface area contributed by atoms with E-state index in [4.69, 9.17) is 5.73 Å². The third-order valence-electron chi connectivity index (χ3n) is 2.37. The van der Waals surface area contributed by atoms with Crippen LogP contribution in [-0.4, -0.2) is 22.7 Å². The van der Waals surface area contributed by atoms with E-state index in [1.165, 1.54) is 12.1 Å². The van der Waals surface area contributed by atoms with Gasteiger partial charge in [0.05, 0.1) is 6.17 Å². The van der Waals surface area contributed by atoms with Crippen LogP contribution in [0.2, 0.25) is 0 Å². The summed E-state index contributed by atoms with van der Waals surface area (Å²) in [6.07, 6.45) is -1.02. The second-order valence-electron chi connectivity index (χ2n) is 3.50. The number of aliphatic hydroxyl groups is 1. The molecule has 0 spiro atoms. The van der Waals surface area contributed by atoms with Crippen molar-refractivity contribution >= 4 is 0 Å². The summed E-state index contributed by atoms with van der Waals surface area (Å²) in [6, 6.07) is 5.78. The minimum absolute atomic E-state index is 0.241. The maximum Gasteiger partial charge on any atom is 0.134 e. The molecule has 0 radical (unpaired) electrons. The third-order valence-corrected chi connectivity index (χ3v) is 2.37. The Balaban J connectivity index is 2.82. The van der Waals surface area contributed by atoms with Gasteiger partial charge in [0.25, 0.3) is 0 Å². The maximum atomic E-state index is 12.7. The largest absolute Gasteiger partial charge is 0.374 e. The van der Waals surface area contributed by atoms with Crippen molar-refractivity contribution in [2.45, 2.75) is 26.2 Å². The molecular weight excluding hydrogens is 195 g/mol. The van der Waals surface area contributed by atoms with Gasteiger partial charge in [-0.05, 0) is 31.2 Å². The van der Waals surface area contributed by atoms with E-state index in [-0.39, 0.29) is 12.0 Å². The van der Waals surface area contributed by atoms with Crippen LogP contribution < -0.4 is 5.73 Å². The summed E-state index contributed by atoms with van der Waals surface area (Å²) in [4.78, 5) is 1.72. The fourth-order valence-corrected chi connectivity index (χ4v) is 1.51. The molecule has 3 N–H and O–H groups in total. The molecule has 2 atom stereocenters. The first-order valence-corrected chi connectivity index (χ1v) is 5.01. The normalized spacial score (nSPS) is 15.3. The number of nitrogens with two attached hydrogens (primary N) is 1. The minimum Gasteiger partial charge on any atom is -0.374 e. The highest BCUT2D eigenvalue weighted by Crippen LogP contribution is 2.18. The van der Waals surface area contributed by atoms with Crippen LogP contribution in [0, 0.1) is 5.82 Å². The lowest BCUT2D eigenvalue weighted by Gasteiger charge is -2.30. The van der Waals surface area contributed by atoms with Crippen molar-refractivity contribution in [3.05, 3.63) is 35.6 Å². The van der Waals surface area contributed by atoms with Gasteiger partial charge in [-0.25, -0.2) is 4.39 Å². The number of nitrogens with zero attached hydrogens (tertiary/aromatic N) is 1. The van der Waals surface area contributed by atoms with Gasteiger partial charge in [-0.1, -0.05) is 19.1 Å². The molecule has 0 fully saturated rings. The van der Waals surface area contributed by atoms with Crippen molar-refractivity contribution in [3.8, 4) is 0 Å². The summed E-state index contributed by atoms with van der Waals surface area (Å²) in [5.41, 5.74) is 6.36. The van der Waals surface area contributed by atoms with Crippen molar-refractivity contribution in [2.24, 2.45) is 5.73 Å². The van der Waals surface area contributed by atoms with E-state index >= 15 is 0 Å². The average molecular weight is 212 g/mol. The minimum atomic E-state index is -0.782. The molecule has 0 aliphatic carbocycles. The van der Waals surface area contributed by atoms with Crippen molar-refractivity contribution in [1.29, 1.82) is 0 Å². The summed E-state index contributed by atoms with van der Waals surface area (Å²) in [6.45, 7) is 4.35. The molecule has 0 bridgehead atoms. The van der Waals surface area contributed by atoms with Crippen molar-refractivity contribution in [2.75, 3.05) is 6.54 Å². The van der Waals surface area contributed by atoms with E-state index in [2.05, 4.69) is 0 Å². The number of aliphatic hydroxyl groups excluding tert-OH is 1. The Hall–Kier alpha value is -0.970. The maximum absolute atomic E-state index is 12.7. The van der Waals surface area contributed by atoms with Gasteiger partial charge >= 0.3 is 0 Å². The van der Waals surface area contributed by atoms with Crippen LogP contribution in [0.1, 0.15) is 25.6 Å². The smallest absolute Gasteiger partial charge is 0.134 e. The SMILES string of the molecule is CCN(C(C)N)C(O)c1ccc(F)cc1. The predicted octanol–water partition coefficient (Wildman–Crippen LogP) is 1.44. The molecule has 1 rings (SSSR count). The molecule has 0 aromatic heterocycles. The Kier molecular flexibility index (Phi) is 4.20. The molecule has 2 unspecified atom stereocenters. The van der Waals surface area contributed by atoms with Crippen LogP contribution in [0.3, 0.4) is 0 Å². The van der Waals surface area contributed by atoms with Gasteiger partial charge in [0.1, 0.15) is 12.0 Å². The molecule has 0 amide bonds. The number of hydrogen-bond acceptors (Lipinski definition) is 3. The number of hydrogen-bond donors (Lipinski definition) is 2. The molecule has 0 heterocycles. The van der Waals surface area contributed by atoms with E-state index in [0.717, 1.165) is 0 Å².